The maximum atomic E-state index is 13.1. The number of aromatic nitrogens is 1. The number of carbonyl (C=O) groups is 1. The van der Waals surface area contributed by atoms with E-state index in [-0.39, 0.29) is 17.1 Å². The quantitative estimate of drug-likeness (QED) is 0.339. The lowest BCUT2D eigenvalue weighted by molar-refractivity contribution is 0.104. The number of benzene rings is 3. The molecule has 0 aliphatic heterocycles. The fraction of sp³-hybridized carbons (Fsp3) is 0.0417. The van der Waals surface area contributed by atoms with Crippen LogP contribution in [0.2, 0.25) is 0 Å². The summed E-state index contributed by atoms with van der Waals surface area (Å²) >= 11 is 1.48. The van der Waals surface area contributed by atoms with E-state index in [1.54, 1.807) is 24.3 Å². The lowest BCUT2D eigenvalue weighted by Gasteiger charge is -2.09. The van der Waals surface area contributed by atoms with Gasteiger partial charge in [-0.3, -0.25) is 10.2 Å². The van der Waals surface area contributed by atoms with Crippen molar-refractivity contribution in [2.24, 2.45) is 5.10 Å². The molecule has 1 aliphatic rings. The van der Waals surface area contributed by atoms with E-state index in [9.17, 15) is 9.90 Å². The van der Waals surface area contributed by atoms with Gasteiger partial charge in [-0.15, -0.1) is 0 Å². The zero-order valence-corrected chi connectivity index (χ0v) is 16.9. The zero-order valence-electron chi connectivity index (χ0n) is 16.1. The van der Waals surface area contributed by atoms with Gasteiger partial charge in [0.15, 0.2) is 5.78 Å². The van der Waals surface area contributed by atoms with E-state index in [1.165, 1.54) is 11.3 Å². The summed E-state index contributed by atoms with van der Waals surface area (Å²) < 4.78 is 1.04. The van der Waals surface area contributed by atoms with Gasteiger partial charge in [0.1, 0.15) is 11.5 Å². The minimum atomic E-state index is -0.242. The molecule has 30 heavy (non-hydrogen) atoms. The SMILES string of the molecule is Cc1ccc(C(=NNc2nc3ccccc3s2)C2=C(O)c3ccccc3C2=O)cc1. The summed E-state index contributed by atoms with van der Waals surface area (Å²) in [6.07, 6.45) is 0. The monoisotopic (exact) mass is 411 g/mol. The van der Waals surface area contributed by atoms with Crippen molar-refractivity contribution < 1.29 is 9.90 Å². The number of fused-ring (bicyclic) bond motifs is 2. The minimum Gasteiger partial charge on any atom is -0.506 e. The molecule has 146 valence electrons. The Morgan fingerprint density at radius 2 is 1.67 bits per heavy atom. The third-order valence-corrected chi connectivity index (χ3v) is 5.95. The fourth-order valence-corrected chi connectivity index (χ4v) is 4.29. The molecule has 6 heteroatoms. The molecule has 0 saturated heterocycles. The van der Waals surface area contributed by atoms with Crippen LogP contribution < -0.4 is 5.43 Å². The number of thiazole rings is 1. The first-order valence-electron chi connectivity index (χ1n) is 9.46. The molecule has 0 atom stereocenters. The number of hydrogen-bond donors (Lipinski definition) is 2. The first kappa shape index (κ1) is 18.3. The summed E-state index contributed by atoms with van der Waals surface area (Å²) in [4.78, 5) is 17.6. The first-order valence-corrected chi connectivity index (χ1v) is 10.3. The van der Waals surface area contributed by atoms with Gasteiger partial charge in [0.2, 0.25) is 5.13 Å². The van der Waals surface area contributed by atoms with Crippen LogP contribution in [0.25, 0.3) is 16.0 Å². The molecule has 0 radical (unpaired) electrons. The van der Waals surface area contributed by atoms with Gasteiger partial charge in [-0.25, -0.2) is 4.98 Å². The number of para-hydroxylation sites is 1. The molecule has 3 aromatic carbocycles. The van der Waals surface area contributed by atoms with Gasteiger partial charge in [-0.2, -0.15) is 5.10 Å². The van der Waals surface area contributed by atoms with Crippen LogP contribution >= 0.6 is 11.3 Å². The van der Waals surface area contributed by atoms with Crippen molar-refractivity contribution in [3.05, 3.63) is 101 Å². The van der Waals surface area contributed by atoms with Crippen LogP contribution in [-0.4, -0.2) is 21.6 Å². The third-order valence-electron chi connectivity index (χ3n) is 5.01. The molecule has 0 spiro atoms. The molecule has 0 fully saturated rings. The van der Waals surface area contributed by atoms with E-state index in [0.29, 0.717) is 22.0 Å². The first-order chi connectivity index (χ1) is 14.6. The smallest absolute Gasteiger partial charge is 0.204 e. The van der Waals surface area contributed by atoms with Gasteiger partial charge in [0, 0.05) is 16.7 Å². The van der Waals surface area contributed by atoms with Gasteiger partial charge < -0.3 is 5.11 Å². The number of rotatable bonds is 4. The standard InChI is InChI=1S/C24H17N3O2S/c1-14-10-12-15(13-11-14)21(20-22(28)16-6-2-3-7-17(16)23(20)29)26-27-24-25-18-8-4-5-9-19(18)30-24/h2-13,28H,1H3,(H,25,27). The van der Waals surface area contributed by atoms with Gasteiger partial charge in [-0.05, 0) is 19.1 Å². The van der Waals surface area contributed by atoms with Crippen LogP contribution in [0.3, 0.4) is 0 Å². The lowest BCUT2D eigenvalue weighted by atomic mass is 9.98. The molecule has 1 aliphatic carbocycles. The Balaban J connectivity index is 1.61. The van der Waals surface area contributed by atoms with E-state index in [0.717, 1.165) is 21.3 Å². The van der Waals surface area contributed by atoms with Gasteiger partial charge in [-0.1, -0.05) is 77.6 Å². The molecular weight excluding hydrogens is 394 g/mol. The Labute approximate surface area is 177 Å². The molecular formula is C24H17N3O2S. The zero-order chi connectivity index (χ0) is 20.7. The number of anilines is 1. The summed E-state index contributed by atoms with van der Waals surface area (Å²) in [5, 5.41) is 16.0. The molecule has 0 saturated carbocycles. The van der Waals surface area contributed by atoms with Crippen molar-refractivity contribution in [2.75, 3.05) is 5.43 Å². The largest absolute Gasteiger partial charge is 0.506 e. The molecule has 5 rings (SSSR count). The number of carbonyl (C=O) groups excluding carboxylic acids is 1. The predicted octanol–water partition coefficient (Wildman–Crippen LogP) is 5.59. The van der Waals surface area contributed by atoms with Crippen molar-refractivity contribution in [2.45, 2.75) is 6.92 Å². The number of allylic oxidation sites excluding steroid dienone is 1. The Kier molecular flexibility index (Phi) is 4.41. The summed E-state index contributed by atoms with van der Waals surface area (Å²) in [5.74, 6) is -0.297. The maximum Gasteiger partial charge on any atom is 0.204 e. The van der Waals surface area contributed by atoms with E-state index in [2.05, 4.69) is 15.5 Å². The minimum absolute atomic E-state index is 0.0546. The molecule has 2 N–H and O–H groups in total. The number of Topliss-reactive ketones (excluding diaryl/α,β-unsaturated/α-hetero) is 1. The van der Waals surface area contributed by atoms with Crippen LogP contribution in [0.5, 0.6) is 0 Å². The number of ketones is 1. The second-order valence-electron chi connectivity index (χ2n) is 7.02. The second-order valence-corrected chi connectivity index (χ2v) is 8.05. The van der Waals surface area contributed by atoms with Crippen LogP contribution in [0, 0.1) is 6.92 Å². The molecule has 0 unspecified atom stereocenters. The van der Waals surface area contributed by atoms with Crippen LogP contribution in [0.1, 0.15) is 27.0 Å². The highest BCUT2D eigenvalue weighted by atomic mass is 32.1. The van der Waals surface area contributed by atoms with Crippen molar-refractivity contribution in [3.63, 3.8) is 0 Å². The van der Waals surface area contributed by atoms with E-state index in [4.69, 9.17) is 0 Å². The highest BCUT2D eigenvalue weighted by Gasteiger charge is 2.33. The highest BCUT2D eigenvalue weighted by molar-refractivity contribution is 7.22. The lowest BCUT2D eigenvalue weighted by Crippen LogP contribution is -2.14. The van der Waals surface area contributed by atoms with Crippen molar-refractivity contribution in [3.8, 4) is 0 Å². The molecule has 0 bridgehead atoms. The summed E-state index contributed by atoms with van der Waals surface area (Å²) in [7, 11) is 0. The normalized spacial score (nSPS) is 13.8. The summed E-state index contributed by atoms with van der Waals surface area (Å²) in [5.41, 5.74) is 7.27. The Hall–Kier alpha value is -3.77. The van der Waals surface area contributed by atoms with E-state index >= 15 is 0 Å². The van der Waals surface area contributed by atoms with Crippen LogP contribution in [0.15, 0.2) is 83.5 Å². The van der Waals surface area contributed by atoms with Gasteiger partial charge in [0.05, 0.1) is 15.8 Å². The Morgan fingerprint density at radius 1 is 0.967 bits per heavy atom. The number of nitrogens with one attached hydrogen (secondary N) is 1. The Bertz CT molecular complexity index is 1320. The van der Waals surface area contributed by atoms with Gasteiger partial charge >= 0.3 is 0 Å². The number of aliphatic hydroxyl groups excluding tert-OH is 1. The van der Waals surface area contributed by atoms with Crippen molar-refractivity contribution in [1.82, 2.24) is 4.98 Å². The molecule has 4 aromatic rings. The van der Waals surface area contributed by atoms with E-state index < -0.39 is 0 Å². The number of hydrogen-bond acceptors (Lipinski definition) is 6. The third kappa shape index (κ3) is 3.07. The summed E-state index contributed by atoms with van der Waals surface area (Å²) in [6, 6.07) is 22.6. The van der Waals surface area contributed by atoms with E-state index in [1.807, 2.05) is 55.5 Å². The number of nitrogens with zero attached hydrogens (tertiary/aromatic N) is 2. The van der Waals surface area contributed by atoms with Crippen LogP contribution in [-0.2, 0) is 0 Å². The maximum absolute atomic E-state index is 13.1. The second kappa shape index (κ2) is 7.24. The number of aliphatic hydroxyl groups is 1. The number of hydrazone groups is 1. The Morgan fingerprint density at radius 3 is 2.40 bits per heavy atom. The molecule has 0 amide bonds. The molecule has 1 heterocycles. The van der Waals surface area contributed by atoms with Gasteiger partial charge in [0.25, 0.3) is 0 Å². The average Bonchev–Trinajstić information content (AvgIpc) is 3.29. The predicted molar refractivity (Wildman–Crippen MR) is 121 cm³/mol. The van der Waals surface area contributed by atoms with Crippen LogP contribution in [0.4, 0.5) is 5.13 Å². The topological polar surface area (TPSA) is 74.6 Å². The molecule has 5 nitrogen and oxygen atoms in total. The fourth-order valence-electron chi connectivity index (χ4n) is 3.48. The average molecular weight is 411 g/mol. The van der Waals surface area contributed by atoms with Crippen molar-refractivity contribution in [1.29, 1.82) is 0 Å². The number of aryl methyl sites for hydroxylation is 1. The van der Waals surface area contributed by atoms with Crippen molar-refractivity contribution >= 4 is 43.9 Å². The summed E-state index contributed by atoms with van der Waals surface area (Å²) in [6.45, 7) is 1.99. The highest BCUT2D eigenvalue weighted by Crippen LogP contribution is 2.33. The molecule has 1 aromatic heterocycles.